The van der Waals surface area contributed by atoms with Gasteiger partial charge in [-0.2, -0.15) is 0 Å². The Hall–Kier alpha value is -3.02. The highest BCUT2D eigenvalue weighted by Gasteiger charge is 2.45. The molecule has 0 aliphatic heterocycles. The summed E-state index contributed by atoms with van der Waals surface area (Å²) in [5, 5.41) is 3.60. The fraction of sp³-hybridized carbons (Fsp3) is 0.286. The molecule has 2 N–H and O–H groups in total. The molecule has 1 aliphatic carbocycles. The maximum absolute atomic E-state index is 13.4. The second-order valence-corrected chi connectivity index (χ2v) is 7.02. The molecule has 2 aromatic carbocycles. The third kappa shape index (κ3) is 3.74. The number of nitrogens with one attached hydrogen (secondary N) is 2. The lowest BCUT2D eigenvalue weighted by Crippen LogP contribution is -2.34. The summed E-state index contributed by atoms with van der Waals surface area (Å²) in [5.74, 6) is 0.219. The molecule has 3 aromatic rings. The zero-order valence-corrected chi connectivity index (χ0v) is 14.8. The van der Waals surface area contributed by atoms with Gasteiger partial charge in [0.05, 0.1) is 16.4 Å². The summed E-state index contributed by atoms with van der Waals surface area (Å²) in [6.45, 7) is 0. The maximum atomic E-state index is 13.4. The van der Waals surface area contributed by atoms with Crippen molar-refractivity contribution in [2.45, 2.75) is 37.6 Å². The molecule has 1 saturated carbocycles. The zero-order chi connectivity index (χ0) is 18.9. The lowest BCUT2D eigenvalue weighted by Gasteiger charge is -2.18. The van der Waals surface area contributed by atoms with E-state index in [2.05, 4.69) is 15.3 Å². The molecule has 27 heavy (non-hydrogen) atoms. The number of hydrogen-bond donors (Lipinski definition) is 2. The van der Waals surface area contributed by atoms with Gasteiger partial charge in [-0.1, -0.05) is 24.3 Å². The number of para-hydroxylation sites is 1. The Morgan fingerprint density at radius 3 is 2.78 bits per heavy atom. The molecule has 0 radical (unpaired) electrons. The normalized spacial score (nSPS) is 14.9. The highest BCUT2D eigenvalue weighted by atomic mass is 19.1. The maximum Gasteiger partial charge on any atom is 0.258 e. The van der Waals surface area contributed by atoms with E-state index in [1.807, 2.05) is 12.1 Å². The summed E-state index contributed by atoms with van der Waals surface area (Å²) in [5.41, 5.74) is 0.887. The highest BCUT2D eigenvalue weighted by Crippen LogP contribution is 2.45. The van der Waals surface area contributed by atoms with Crippen LogP contribution in [-0.4, -0.2) is 15.9 Å². The number of amides is 1. The van der Waals surface area contributed by atoms with E-state index in [4.69, 9.17) is 0 Å². The van der Waals surface area contributed by atoms with E-state index in [1.54, 1.807) is 24.3 Å². The summed E-state index contributed by atoms with van der Waals surface area (Å²) >= 11 is 0. The van der Waals surface area contributed by atoms with E-state index in [1.165, 1.54) is 12.1 Å². The van der Waals surface area contributed by atoms with Crippen LogP contribution in [0.2, 0.25) is 0 Å². The Balaban J connectivity index is 1.36. The number of carbonyl (C=O) groups excluding carboxylic acids is 1. The van der Waals surface area contributed by atoms with Gasteiger partial charge in [-0.05, 0) is 49.1 Å². The van der Waals surface area contributed by atoms with Crippen LogP contribution in [0.1, 0.15) is 37.1 Å². The molecule has 4 rings (SSSR count). The van der Waals surface area contributed by atoms with Crippen molar-refractivity contribution in [1.29, 1.82) is 0 Å². The summed E-state index contributed by atoms with van der Waals surface area (Å²) in [7, 11) is 0. The number of aromatic amines is 1. The van der Waals surface area contributed by atoms with Gasteiger partial charge in [0.2, 0.25) is 5.91 Å². The van der Waals surface area contributed by atoms with E-state index >= 15 is 0 Å². The number of nitrogens with zero attached hydrogens (tertiary/aromatic N) is 1. The standard InChI is InChI=1S/C21H20FN3O2/c22-15-6-3-5-14(13-15)21(11-12-21)25-19(26)10-4-9-18-23-17-8-2-1-7-16(17)20(27)24-18/h1-3,5-8,13H,4,9-12H2,(H,25,26)(H,23,24,27). The van der Waals surface area contributed by atoms with Crippen LogP contribution in [-0.2, 0) is 16.8 Å². The number of benzene rings is 2. The number of fused-ring (bicyclic) bond motifs is 1. The molecular weight excluding hydrogens is 345 g/mol. The predicted octanol–water partition coefficient (Wildman–Crippen LogP) is 3.19. The summed E-state index contributed by atoms with van der Waals surface area (Å²) < 4.78 is 13.4. The molecule has 1 aliphatic rings. The van der Waals surface area contributed by atoms with E-state index in [9.17, 15) is 14.0 Å². The van der Waals surface area contributed by atoms with Crippen molar-refractivity contribution < 1.29 is 9.18 Å². The van der Waals surface area contributed by atoms with Crippen molar-refractivity contribution in [3.05, 3.63) is 76.1 Å². The summed E-state index contributed by atoms with van der Waals surface area (Å²) in [6.07, 6.45) is 3.06. The van der Waals surface area contributed by atoms with Gasteiger partial charge >= 0.3 is 0 Å². The predicted molar refractivity (Wildman–Crippen MR) is 101 cm³/mol. The van der Waals surface area contributed by atoms with E-state index in [0.717, 1.165) is 18.4 Å². The monoisotopic (exact) mass is 365 g/mol. The molecule has 138 valence electrons. The van der Waals surface area contributed by atoms with Gasteiger partial charge in [0, 0.05) is 12.8 Å². The van der Waals surface area contributed by atoms with Crippen LogP contribution in [0.3, 0.4) is 0 Å². The van der Waals surface area contributed by atoms with Gasteiger partial charge in [-0.15, -0.1) is 0 Å². The van der Waals surface area contributed by atoms with Crippen molar-refractivity contribution in [2.75, 3.05) is 0 Å². The van der Waals surface area contributed by atoms with Crippen LogP contribution in [0.5, 0.6) is 0 Å². The molecule has 5 nitrogen and oxygen atoms in total. The number of carbonyl (C=O) groups is 1. The molecule has 1 heterocycles. The minimum atomic E-state index is -0.422. The van der Waals surface area contributed by atoms with Crippen molar-refractivity contribution in [2.24, 2.45) is 0 Å². The van der Waals surface area contributed by atoms with Crippen molar-refractivity contribution >= 4 is 16.8 Å². The van der Waals surface area contributed by atoms with Gasteiger partial charge in [-0.3, -0.25) is 9.59 Å². The fourth-order valence-corrected chi connectivity index (χ4v) is 3.40. The lowest BCUT2D eigenvalue weighted by atomic mass is 10.0. The molecule has 1 fully saturated rings. The molecule has 1 aromatic heterocycles. The number of rotatable bonds is 6. The van der Waals surface area contributed by atoms with Crippen molar-refractivity contribution in [3.63, 3.8) is 0 Å². The van der Waals surface area contributed by atoms with Crippen molar-refractivity contribution in [1.82, 2.24) is 15.3 Å². The largest absolute Gasteiger partial charge is 0.347 e. The molecule has 0 saturated heterocycles. The van der Waals surface area contributed by atoms with E-state index in [-0.39, 0.29) is 17.3 Å². The number of aryl methyl sites for hydroxylation is 1. The molecule has 0 bridgehead atoms. The van der Waals surface area contributed by atoms with Crippen LogP contribution in [0, 0.1) is 5.82 Å². The molecule has 0 spiro atoms. The molecule has 6 heteroatoms. The number of aromatic nitrogens is 2. The lowest BCUT2D eigenvalue weighted by molar-refractivity contribution is -0.122. The van der Waals surface area contributed by atoms with Crippen LogP contribution in [0.15, 0.2) is 53.3 Å². The van der Waals surface area contributed by atoms with Gasteiger partial charge < -0.3 is 10.3 Å². The third-order valence-corrected chi connectivity index (χ3v) is 4.99. The Labute approximate surface area is 155 Å². The first kappa shape index (κ1) is 17.4. The Kier molecular flexibility index (Phi) is 4.48. The topological polar surface area (TPSA) is 74.8 Å². The van der Waals surface area contributed by atoms with Crippen LogP contribution in [0.4, 0.5) is 4.39 Å². The van der Waals surface area contributed by atoms with Crippen LogP contribution < -0.4 is 10.9 Å². The molecule has 0 atom stereocenters. The van der Waals surface area contributed by atoms with Gasteiger partial charge in [-0.25, -0.2) is 9.37 Å². The first-order valence-electron chi connectivity index (χ1n) is 9.11. The minimum absolute atomic E-state index is 0.0695. The third-order valence-electron chi connectivity index (χ3n) is 4.99. The molecular formula is C21H20FN3O2. The van der Waals surface area contributed by atoms with E-state index in [0.29, 0.717) is 36.0 Å². The van der Waals surface area contributed by atoms with E-state index < -0.39 is 5.54 Å². The second kappa shape index (κ2) is 6.95. The summed E-state index contributed by atoms with van der Waals surface area (Å²) in [4.78, 5) is 31.6. The number of hydrogen-bond acceptors (Lipinski definition) is 3. The van der Waals surface area contributed by atoms with Gasteiger partial charge in [0.1, 0.15) is 11.6 Å². The Bertz CT molecular complexity index is 1060. The second-order valence-electron chi connectivity index (χ2n) is 7.02. The zero-order valence-electron chi connectivity index (χ0n) is 14.8. The van der Waals surface area contributed by atoms with Gasteiger partial charge in [0.15, 0.2) is 0 Å². The Morgan fingerprint density at radius 1 is 1.19 bits per heavy atom. The quantitative estimate of drug-likeness (QED) is 0.704. The average Bonchev–Trinajstić information content (AvgIpc) is 3.42. The average molecular weight is 365 g/mol. The summed E-state index contributed by atoms with van der Waals surface area (Å²) in [6, 6.07) is 13.6. The first-order chi connectivity index (χ1) is 13.1. The van der Waals surface area contributed by atoms with Crippen molar-refractivity contribution in [3.8, 4) is 0 Å². The molecule has 1 amide bonds. The smallest absolute Gasteiger partial charge is 0.258 e. The highest BCUT2D eigenvalue weighted by molar-refractivity contribution is 5.78. The van der Waals surface area contributed by atoms with Crippen LogP contribution in [0.25, 0.3) is 10.9 Å². The van der Waals surface area contributed by atoms with Gasteiger partial charge in [0.25, 0.3) is 5.56 Å². The van der Waals surface area contributed by atoms with Crippen LogP contribution >= 0.6 is 0 Å². The number of H-pyrrole nitrogens is 1. The number of halogens is 1. The molecule has 0 unspecified atom stereocenters. The minimum Gasteiger partial charge on any atom is -0.347 e. The first-order valence-corrected chi connectivity index (χ1v) is 9.11. The fourth-order valence-electron chi connectivity index (χ4n) is 3.40. The SMILES string of the molecule is O=C(CCCc1nc2ccccc2c(=O)[nH]1)NC1(c2cccc(F)c2)CC1. The Morgan fingerprint density at radius 2 is 2.00 bits per heavy atom.